The van der Waals surface area contributed by atoms with Crippen LogP contribution in [-0.4, -0.2) is 21.1 Å². The first-order valence-corrected chi connectivity index (χ1v) is 7.95. The first-order chi connectivity index (χ1) is 10.2. The van der Waals surface area contributed by atoms with Crippen molar-refractivity contribution in [2.45, 2.75) is 46.1 Å². The fourth-order valence-electron chi connectivity index (χ4n) is 2.84. The van der Waals surface area contributed by atoms with Crippen molar-refractivity contribution in [3.05, 3.63) is 41.6 Å². The van der Waals surface area contributed by atoms with E-state index in [1.807, 2.05) is 12.5 Å². The molecule has 0 bridgehead atoms. The van der Waals surface area contributed by atoms with Crippen LogP contribution in [0.1, 0.15) is 43.6 Å². The minimum atomic E-state index is 0.676. The molecule has 0 saturated heterocycles. The van der Waals surface area contributed by atoms with Crippen molar-refractivity contribution in [3.8, 4) is 5.82 Å². The second kappa shape index (κ2) is 6.39. The van der Waals surface area contributed by atoms with Gasteiger partial charge in [-0.15, -0.1) is 0 Å². The summed E-state index contributed by atoms with van der Waals surface area (Å²) in [7, 11) is 0. The second-order valence-corrected chi connectivity index (χ2v) is 6.26. The third-order valence-electron chi connectivity index (χ3n) is 3.97. The zero-order valence-electron chi connectivity index (χ0n) is 13.0. The van der Waals surface area contributed by atoms with Crippen molar-refractivity contribution < 1.29 is 0 Å². The molecule has 2 aromatic heterocycles. The van der Waals surface area contributed by atoms with Crippen LogP contribution >= 0.6 is 0 Å². The SMILES string of the molecule is CC(C)CNCc1ccc(-n2cnc3c2CCCC3)nc1. The minimum absolute atomic E-state index is 0.676. The van der Waals surface area contributed by atoms with Crippen LogP contribution in [0.15, 0.2) is 24.7 Å². The van der Waals surface area contributed by atoms with Gasteiger partial charge in [-0.1, -0.05) is 19.9 Å². The van der Waals surface area contributed by atoms with Crippen molar-refractivity contribution >= 4 is 0 Å². The van der Waals surface area contributed by atoms with Gasteiger partial charge in [-0.3, -0.25) is 4.57 Å². The fraction of sp³-hybridized carbons (Fsp3) is 0.529. The molecule has 2 heterocycles. The zero-order chi connectivity index (χ0) is 14.7. The molecule has 0 unspecified atom stereocenters. The van der Waals surface area contributed by atoms with Gasteiger partial charge in [0.2, 0.25) is 0 Å². The molecule has 3 rings (SSSR count). The number of fused-ring (bicyclic) bond motifs is 1. The smallest absolute Gasteiger partial charge is 0.138 e. The predicted octanol–water partition coefficient (Wildman–Crippen LogP) is 2.89. The topological polar surface area (TPSA) is 42.7 Å². The molecule has 0 saturated carbocycles. The van der Waals surface area contributed by atoms with Gasteiger partial charge in [0.25, 0.3) is 0 Å². The second-order valence-electron chi connectivity index (χ2n) is 6.26. The van der Waals surface area contributed by atoms with E-state index in [9.17, 15) is 0 Å². The van der Waals surface area contributed by atoms with Gasteiger partial charge in [0.05, 0.1) is 5.69 Å². The van der Waals surface area contributed by atoms with Gasteiger partial charge in [0.15, 0.2) is 0 Å². The van der Waals surface area contributed by atoms with Gasteiger partial charge in [0, 0.05) is 18.4 Å². The number of aryl methyl sites for hydroxylation is 1. The van der Waals surface area contributed by atoms with Crippen LogP contribution in [-0.2, 0) is 19.4 Å². The molecule has 1 aliphatic rings. The number of pyridine rings is 1. The van der Waals surface area contributed by atoms with Crippen molar-refractivity contribution in [1.82, 2.24) is 19.9 Å². The molecule has 0 aliphatic heterocycles. The normalized spacial score (nSPS) is 14.4. The Morgan fingerprint density at radius 3 is 2.81 bits per heavy atom. The van der Waals surface area contributed by atoms with Crippen molar-refractivity contribution in [1.29, 1.82) is 0 Å². The van der Waals surface area contributed by atoms with E-state index in [0.29, 0.717) is 5.92 Å². The lowest BCUT2D eigenvalue weighted by Crippen LogP contribution is -2.19. The third kappa shape index (κ3) is 3.32. The van der Waals surface area contributed by atoms with E-state index in [-0.39, 0.29) is 0 Å². The third-order valence-corrected chi connectivity index (χ3v) is 3.97. The lowest BCUT2D eigenvalue weighted by atomic mass is 10.0. The van der Waals surface area contributed by atoms with E-state index >= 15 is 0 Å². The number of aromatic nitrogens is 3. The van der Waals surface area contributed by atoms with Crippen LogP contribution in [0.5, 0.6) is 0 Å². The van der Waals surface area contributed by atoms with Crippen LogP contribution in [0.2, 0.25) is 0 Å². The molecule has 0 spiro atoms. The van der Waals surface area contributed by atoms with Crippen LogP contribution < -0.4 is 5.32 Å². The molecule has 1 aliphatic carbocycles. The molecule has 112 valence electrons. The van der Waals surface area contributed by atoms with Crippen molar-refractivity contribution in [2.24, 2.45) is 5.92 Å². The molecule has 4 nitrogen and oxygen atoms in total. The number of hydrogen-bond acceptors (Lipinski definition) is 3. The largest absolute Gasteiger partial charge is 0.312 e. The molecule has 4 heteroatoms. The van der Waals surface area contributed by atoms with Gasteiger partial charge in [-0.25, -0.2) is 9.97 Å². The summed E-state index contributed by atoms with van der Waals surface area (Å²) in [6.45, 7) is 6.36. The summed E-state index contributed by atoms with van der Waals surface area (Å²) < 4.78 is 2.15. The molecule has 0 fully saturated rings. The van der Waals surface area contributed by atoms with E-state index in [2.05, 4.69) is 45.8 Å². The van der Waals surface area contributed by atoms with Gasteiger partial charge in [-0.05, 0) is 49.8 Å². The highest BCUT2D eigenvalue weighted by Crippen LogP contribution is 2.22. The molecule has 0 amide bonds. The van der Waals surface area contributed by atoms with E-state index in [1.165, 1.54) is 29.8 Å². The van der Waals surface area contributed by atoms with E-state index in [0.717, 1.165) is 31.7 Å². The van der Waals surface area contributed by atoms with Crippen LogP contribution in [0.4, 0.5) is 0 Å². The Labute approximate surface area is 126 Å². The Morgan fingerprint density at radius 2 is 2.05 bits per heavy atom. The molecular formula is C17H24N4. The minimum Gasteiger partial charge on any atom is -0.312 e. The molecule has 0 aromatic carbocycles. The van der Waals surface area contributed by atoms with Gasteiger partial charge in [0.1, 0.15) is 12.1 Å². The molecule has 2 aromatic rings. The molecular weight excluding hydrogens is 260 g/mol. The highest BCUT2D eigenvalue weighted by atomic mass is 15.1. The highest BCUT2D eigenvalue weighted by Gasteiger charge is 2.16. The summed E-state index contributed by atoms with van der Waals surface area (Å²) in [5.74, 6) is 1.66. The summed E-state index contributed by atoms with van der Waals surface area (Å²) in [4.78, 5) is 9.15. The Kier molecular flexibility index (Phi) is 4.34. The number of nitrogens with zero attached hydrogens (tertiary/aromatic N) is 3. The van der Waals surface area contributed by atoms with Crippen molar-refractivity contribution in [2.75, 3.05) is 6.54 Å². The molecule has 1 N–H and O–H groups in total. The zero-order valence-corrected chi connectivity index (χ0v) is 13.0. The monoisotopic (exact) mass is 284 g/mol. The number of rotatable bonds is 5. The van der Waals surface area contributed by atoms with Gasteiger partial charge >= 0.3 is 0 Å². The standard InChI is InChI=1S/C17H24N4/c1-13(2)9-18-10-14-7-8-17(19-11-14)21-12-20-15-5-3-4-6-16(15)21/h7-8,11-13,18H,3-6,9-10H2,1-2H3. The Hall–Kier alpha value is -1.68. The maximum atomic E-state index is 4.61. The Balaban J connectivity index is 1.71. The summed E-state index contributed by atoms with van der Waals surface area (Å²) in [6, 6.07) is 4.26. The Morgan fingerprint density at radius 1 is 1.19 bits per heavy atom. The lowest BCUT2D eigenvalue weighted by Gasteiger charge is -2.13. The van der Waals surface area contributed by atoms with Crippen LogP contribution in [0, 0.1) is 5.92 Å². The molecule has 21 heavy (non-hydrogen) atoms. The number of hydrogen-bond donors (Lipinski definition) is 1. The molecule has 0 radical (unpaired) electrons. The van der Waals surface area contributed by atoms with Crippen LogP contribution in [0.3, 0.4) is 0 Å². The first kappa shape index (κ1) is 14.3. The van der Waals surface area contributed by atoms with Gasteiger partial charge in [-0.2, -0.15) is 0 Å². The maximum absolute atomic E-state index is 4.61. The lowest BCUT2D eigenvalue weighted by molar-refractivity contribution is 0.552. The van der Waals surface area contributed by atoms with E-state index in [4.69, 9.17) is 0 Å². The van der Waals surface area contributed by atoms with Gasteiger partial charge < -0.3 is 5.32 Å². The quantitative estimate of drug-likeness (QED) is 0.918. The first-order valence-electron chi connectivity index (χ1n) is 7.95. The van der Waals surface area contributed by atoms with E-state index in [1.54, 1.807) is 0 Å². The van der Waals surface area contributed by atoms with Crippen LogP contribution in [0.25, 0.3) is 5.82 Å². The Bertz CT molecular complexity index is 583. The maximum Gasteiger partial charge on any atom is 0.138 e. The van der Waals surface area contributed by atoms with Crippen molar-refractivity contribution in [3.63, 3.8) is 0 Å². The average molecular weight is 284 g/mol. The summed E-state index contributed by atoms with van der Waals surface area (Å²) in [5, 5.41) is 3.45. The summed E-state index contributed by atoms with van der Waals surface area (Å²) in [6.07, 6.45) is 8.65. The predicted molar refractivity (Wildman–Crippen MR) is 84.5 cm³/mol. The summed E-state index contributed by atoms with van der Waals surface area (Å²) in [5.41, 5.74) is 3.83. The number of nitrogens with one attached hydrogen (secondary N) is 1. The van der Waals surface area contributed by atoms with E-state index < -0.39 is 0 Å². The highest BCUT2D eigenvalue weighted by molar-refractivity contribution is 5.31. The summed E-state index contributed by atoms with van der Waals surface area (Å²) >= 11 is 0. The fourth-order valence-corrected chi connectivity index (χ4v) is 2.84. The average Bonchev–Trinajstić information content (AvgIpc) is 2.92. The number of imidazole rings is 1. The molecule has 0 atom stereocenters.